The molecular weight excluding hydrogens is 262 g/mol. The zero-order chi connectivity index (χ0) is 13.8. The zero-order valence-electron chi connectivity index (χ0n) is 10.9. The molecule has 19 heavy (non-hydrogen) atoms. The third-order valence-corrected chi connectivity index (χ3v) is 3.64. The van der Waals surface area contributed by atoms with Crippen molar-refractivity contribution in [1.29, 1.82) is 0 Å². The van der Waals surface area contributed by atoms with E-state index in [4.69, 9.17) is 4.74 Å². The molecule has 0 radical (unpaired) electrons. The number of imide groups is 1. The molecule has 1 fully saturated rings. The molecule has 0 aliphatic carbocycles. The third kappa shape index (κ3) is 2.98. The van der Waals surface area contributed by atoms with Gasteiger partial charge < -0.3 is 4.74 Å². The van der Waals surface area contributed by atoms with Gasteiger partial charge in [0.05, 0.1) is 12.0 Å². The summed E-state index contributed by atoms with van der Waals surface area (Å²) in [4.78, 5) is 25.5. The molecule has 100 valence electrons. The first-order valence-electron chi connectivity index (χ1n) is 6.05. The Kier molecular flexibility index (Phi) is 4.27. The van der Waals surface area contributed by atoms with Crippen molar-refractivity contribution in [2.75, 3.05) is 13.7 Å². The van der Waals surface area contributed by atoms with Crippen LogP contribution in [0.2, 0.25) is 0 Å². The van der Waals surface area contributed by atoms with Crippen LogP contribution in [0.4, 0.5) is 4.79 Å². The second kappa shape index (κ2) is 5.93. The molecule has 4 nitrogen and oxygen atoms in total. The van der Waals surface area contributed by atoms with Crippen LogP contribution in [-0.2, 0) is 4.79 Å². The molecule has 1 heterocycles. The van der Waals surface area contributed by atoms with Crippen molar-refractivity contribution >= 4 is 29.0 Å². The molecule has 2 rings (SSSR count). The Bertz CT molecular complexity index is 522. The van der Waals surface area contributed by atoms with Crippen LogP contribution in [0.1, 0.15) is 18.9 Å². The predicted molar refractivity (Wildman–Crippen MR) is 76.0 cm³/mol. The van der Waals surface area contributed by atoms with Crippen molar-refractivity contribution in [3.63, 3.8) is 0 Å². The van der Waals surface area contributed by atoms with Crippen LogP contribution in [0.15, 0.2) is 29.2 Å². The van der Waals surface area contributed by atoms with Gasteiger partial charge in [-0.1, -0.05) is 19.1 Å². The average Bonchev–Trinajstić information content (AvgIpc) is 2.68. The lowest BCUT2D eigenvalue weighted by Gasteiger charge is -2.09. The SMILES string of the molecule is CCCN1C(=O)S/C(=C\c2ccc(OC)cc2)C1=O. The van der Waals surface area contributed by atoms with Gasteiger partial charge in [0.1, 0.15) is 5.75 Å². The molecule has 5 heteroatoms. The summed E-state index contributed by atoms with van der Waals surface area (Å²) in [6.07, 6.45) is 2.51. The van der Waals surface area contributed by atoms with Gasteiger partial charge in [-0.25, -0.2) is 0 Å². The maximum absolute atomic E-state index is 12.0. The topological polar surface area (TPSA) is 46.6 Å². The zero-order valence-corrected chi connectivity index (χ0v) is 11.7. The Hall–Kier alpha value is -1.75. The number of amides is 2. The molecule has 1 aromatic carbocycles. The van der Waals surface area contributed by atoms with Gasteiger partial charge in [0.15, 0.2) is 0 Å². The molecule has 0 atom stereocenters. The number of hydrogen-bond acceptors (Lipinski definition) is 4. The first kappa shape index (κ1) is 13.7. The van der Waals surface area contributed by atoms with Crippen molar-refractivity contribution in [2.45, 2.75) is 13.3 Å². The van der Waals surface area contributed by atoms with Crippen LogP contribution in [-0.4, -0.2) is 29.7 Å². The molecule has 1 saturated heterocycles. The van der Waals surface area contributed by atoms with E-state index in [1.165, 1.54) is 4.90 Å². The lowest BCUT2D eigenvalue weighted by molar-refractivity contribution is -0.122. The molecule has 0 aromatic heterocycles. The minimum absolute atomic E-state index is 0.188. The van der Waals surface area contributed by atoms with Crippen molar-refractivity contribution in [1.82, 2.24) is 4.90 Å². The fourth-order valence-corrected chi connectivity index (χ4v) is 2.63. The second-order valence-electron chi connectivity index (χ2n) is 4.11. The van der Waals surface area contributed by atoms with E-state index in [9.17, 15) is 9.59 Å². The highest BCUT2D eigenvalue weighted by Crippen LogP contribution is 2.32. The lowest BCUT2D eigenvalue weighted by Crippen LogP contribution is -2.28. The van der Waals surface area contributed by atoms with E-state index >= 15 is 0 Å². The minimum atomic E-state index is -0.201. The van der Waals surface area contributed by atoms with Gasteiger partial charge in [-0.3, -0.25) is 14.5 Å². The highest BCUT2D eigenvalue weighted by atomic mass is 32.2. The van der Waals surface area contributed by atoms with Crippen molar-refractivity contribution < 1.29 is 14.3 Å². The highest BCUT2D eigenvalue weighted by molar-refractivity contribution is 8.18. The number of carbonyl (C=O) groups is 2. The molecule has 0 spiro atoms. The van der Waals surface area contributed by atoms with Crippen molar-refractivity contribution in [3.05, 3.63) is 34.7 Å². The van der Waals surface area contributed by atoms with E-state index in [1.54, 1.807) is 13.2 Å². The maximum atomic E-state index is 12.0. The van der Waals surface area contributed by atoms with Gasteiger partial charge in [0.2, 0.25) is 0 Å². The minimum Gasteiger partial charge on any atom is -0.497 e. The fourth-order valence-electron chi connectivity index (χ4n) is 1.77. The molecular formula is C14H15NO3S. The standard InChI is InChI=1S/C14H15NO3S/c1-3-8-15-13(16)12(19-14(15)17)9-10-4-6-11(18-2)7-5-10/h4-7,9H,3,8H2,1-2H3/b12-9-. The molecule has 0 saturated carbocycles. The Morgan fingerprint density at radius 2 is 1.95 bits per heavy atom. The summed E-state index contributed by atoms with van der Waals surface area (Å²) in [6, 6.07) is 7.35. The molecule has 1 aromatic rings. The number of benzene rings is 1. The average molecular weight is 277 g/mol. The van der Waals surface area contributed by atoms with Crippen LogP contribution in [0.3, 0.4) is 0 Å². The van der Waals surface area contributed by atoms with E-state index in [0.717, 1.165) is 29.5 Å². The number of nitrogens with zero attached hydrogens (tertiary/aromatic N) is 1. The number of carbonyl (C=O) groups excluding carboxylic acids is 2. The summed E-state index contributed by atoms with van der Waals surface area (Å²) in [5.74, 6) is 0.559. The van der Waals surface area contributed by atoms with Crippen LogP contribution in [0.25, 0.3) is 6.08 Å². The van der Waals surface area contributed by atoms with E-state index in [1.807, 2.05) is 31.2 Å². The summed E-state index contributed by atoms with van der Waals surface area (Å²) < 4.78 is 5.07. The molecule has 1 aliphatic rings. The van der Waals surface area contributed by atoms with E-state index in [2.05, 4.69) is 0 Å². The lowest BCUT2D eigenvalue weighted by atomic mass is 10.2. The van der Waals surface area contributed by atoms with Crippen molar-refractivity contribution in [3.8, 4) is 5.75 Å². The molecule has 0 bridgehead atoms. The molecule has 0 N–H and O–H groups in total. The Labute approximate surface area is 116 Å². The van der Waals surface area contributed by atoms with Gasteiger partial charge in [-0.2, -0.15) is 0 Å². The van der Waals surface area contributed by atoms with Gasteiger partial charge in [0.25, 0.3) is 11.1 Å². The van der Waals surface area contributed by atoms with Crippen LogP contribution in [0.5, 0.6) is 5.75 Å². The Balaban J connectivity index is 2.19. The Morgan fingerprint density at radius 1 is 1.26 bits per heavy atom. The van der Waals surface area contributed by atoms with Crippen LogP contribution in [0, 0.1) is 0 Å². The maximum Gasteiger partial charge on any atom is 0.293 e. The number of rotatable bonds is 4. The number of methoxy groups -OCH3 is 1. The van der Waals surface area contributed by atoms with E-state index in [0.29, 0.717) is 11.4 Å². The number of hydrogen-bond donors (Lipinski definition) is 0. The largest absolute Gasteiger partial charge is 0.497 e. The quantitative estimate of drug-likeness (QED) is 0.793. The predicted octanol–water partition coefficient (Wildman–Crippen LogP) is 3.14. The molecule has 0 unspecified atom stereocenters. The first-order valence-corrected chi connectivity index (χ1v) is 6.86. The fraction of sp³-hybridized carbons (Fsp3) is 0.286. The second-order valence-corrected chi connectivity index (χ2v) is 5.10. The Morgan fingerprint density at radius 3 is 2.53 bits per heavy atom. The van der Waals surface area contributed by atoms with Crippen LogP contribution >= 0.6 is 11.8 Å². The van der Waals surface area contributed by atoms with Gasteiger partial charge >= 0.3 is 0 Å². The highest BCUT2D eigenvalue weighted by Gasteiger charge is 2.34. The normalized spacial score (nSPS) is 17.4. The number of thioether (sulfide) groups is 1. The molecule has 2 amide bonds. The van der Waals surface area contributed by atoms with Gasteiger partial charge in [-0.15, -0.1) is 0 Å². The summed E-state index contributed by atoms with van der Waals surface area (Å²) in [7, 11) is 1.60. The van der Waals surface area contributed by atoms with Crippen LogP contribution < -0.4 is 4.74 Å². The summed E-state index contributed by atoms with van der Waals surface area (Å²) >= 11 is 0.994. The van der Waals surface area contributed by atoms with Gasteiger partial charge in [0, 0.05) is 6.54 Å². The third-order valence-electron chi connectivity index (χ3n) is 2.73. The smallest absolute Gasteiger partial charge is 0.293 e. The molecule has 1 aliphatic heterocycles. The first-order chi connectivity index (χ1) is 9.15. The monoisotopic (exact) mass is 277 g/mol. The van der Waals surface area contributed by atoms with Crippen molar-refractivity contribution in [2.24, 2.45) is 0 Å². The summed E-state index contributed by atoms with van der Waals surface area (Å²) in [5.41, 5.74) is 0.878. The van der Waals surface area contributed by atoms with E-state index < -0.39 is 0 Å². The summed E-state index contributed by atoms with van der Waals surface area (Å²) in [5, 5.41) is -0.188. The number of ether oxygens (including phenoxy) is 1. The van der Waals surface area contributed by atoms with E-state index in [-0.39, 0.29) is 11.1 Å². The van der Waals surface area contributed by atoms with Gasteiger partial charge in [-0.05, 0) is 42.0 Å². The summed E-state index contributed by atoms with van der Waals surface area (Å²) in [6.45, 7) is 2.42.